The van der Waals surface area contributed by atoms with Gasteiger partial charge in [-0.05, 0) is 25.0 Å². The largest absolute Gasteiger partial charge is 0.403 e. The summed E-state index contributed by atoms with van der Waals surface area (Å²) in [5, 5.41) is 2.60. The number of halogens is 2. The van der Waals surface area contributed by atoms with Crippen molar-refractivity contribution in [2.75, 3.05) is 20.1 Å². The van der Waals surface area contributed by atoms with Crippen LogP contribution >= 0.6 is 0 Å². The highest BCUT2D eigenvalue weighted by Gasteiger charge is 2.26. The van der Waals surface area contributed by atoms with Crippen molar-refractivity contribution < 1.29 is 18.4 Å². The molecule has 9 heteroatoms. The molecule has 3 N–H and O–H groups in total. The van der Waals surface area contributed by atoms with Gasteiger partial charge in [-0.15, -0.1) is 0 Å². The maximum atomic E-state index is 13.2. The number of likely N-dealkylation sites (tertiary alicyclic amines) is 1. The van der Waals surface area contributed by atoms with E-state index >= 15 is 0 Å². The highest BCUT2D eigenvalue weighted by molar-refractivity contribution is 5.88. The molecule has 1 fully saturated rings. The molecule has 1 saturated heterocycles. The SMILES string of the molecule is CC(=O)N1CCC(N(C)C(=O)NC(C=Nc2cc(F)cc(F)c2)=CN)CC1. The molecule has 0 aromatic heterocycles. The number of hydrogen-bond acceptors (Lipinski definition) is 4. The highest BCUT2D eigenvalue weighted by atomic mass is 19.1. The molecular weight excluding hydrogens is 356 g/mol. The first-order valence-corrected chi connectivity index (χ1v) is 8.51. The Morgan fingerprint density at radius 1 is 1.26 bits per heavy atom. The van der Waals surface area contributed by atoms with Gasteiger partial charge in [0.25, 0.3) is 0 Å². The molecule has 7 nitrogen and oxygen atoms in total. The lowest BCUT2D eigenvalue weighted by molar-refractivity contribution is -0.130. The average Bonchev–Trinajstić information content (AvgIpc) is 2.63. The lowest BCUT2D eigenvalue weighted by Gasteiger charge is -2.36. The van der Waals surface area contributed by atoms with E-state index in [1.807, 2.05) is 0 Å². The van der Waals surface area contributed by atoms with Crippen LogP contribution in [-0.2, 0) is 4.79 Å². The van der Waals surface area contributed by atoms with Gasteiger partial charge in [-0.25, -0.2) is 13.6 Å². The number of nitrogens with two attached hydrogens (primary N) is 1. The molecule has 1 aliphatic heterocycles. The summed E-state index contributed by atoms with van der Waals surface area (Å²) in [6.07, 6.45) is 3.73. The minimum absolute atomic E-state index is 0.00567. The Kier molecular flexibility index (Phi) is 6.86. The Bertz CT molecular complexity index is 738. The number of nitrogens with one attached hydrogen (secondary N) is 1. The van der Waals surface area contributed by atoms with Crippen molar-refractivity contribution in [3.05, 3.63) is 41.7 Å². The van der Waals surface area contributed by atoms with Gasteiger partial charge in [0, 0.05) is 45.4 Å². The van der Waals surface area contributed by atoms with Gasteiger partial charge in [0.05, 0.1) is 17.6 Å². The molecule has 1 heterocycles. The van der Waals surface area contributed by atoms with E-state index in [0.29, 0.717) is 25.9 Å². The number of amides is 3. The second-order valence-corrected chi connectivity index (χ2v) is 6.29. The number of carbonyl (C=O) groups is 2. The van der Waals surface area contributed by atoms with Crippen LogP contribution in [0.4, 0.5) is 19.3 Å². The lowest BCUT2D eigenvalue weighted by Crippen LogP contribution is -2.49. The standard InChI is InChI=1S/C18H23F2N5O2/c1-12(26)25-5-3-17(4-6-25)24(2)18(27)23-16(10-21)11-22-15-8-13(19)7-14(20)9-15/h7-11,17H,3-6,21H2,1-2H3,(H,23,27). The monoisotopic (exact) mass is 379 g/mol. The van der Waals surface area contributed by atoms with Crippen LogP contribution in [0.25, 0.3) is 0 Å². The van der Waals surface area contributed by atoms with Crippen LogP contribution < -0.4 is 11.1 Å². The third-order valence-corrected chi connectivity index (χ3v) is 4.41. The van der Waals surface area contributed by atoms with Gasteiger partial charge in [-0.1, -0.05) is 0 Å². The Balaban J connectivity index is 1.94. The van der Waals surface area contributed by atoms with E-state index in [2.05, 4.69) is 10.3 Å². The van der Waals surface area contributed by atoms with E-state index in [1.54, 1.807) is 16.8 Å². The third kappa shape index (κ3) is 5.77. The van der Waals surface area contributed by atoms with E-state index in [-0.39, 0.29) is 29.4 Å². The number of urea groups is 1. The number of benzene rings is 1. The zero-order valence-electron chi connectivity index (χ0n) is 15.3. The molecular formula is C18H23F2N5O2. The Morgan fingerprint density at radius 3 is 2.37 bits per heavy atom. The number of nitrogens with zero attached hydrogens (tertiary/aromatic N) is 3. The second kappa shape index (κ2) is 9.11. The molecule has 27 heavy (non-hydrogen) atoms. The molecule has 1 aliphatic rings. The van der Waals surface area contributed by atoms with Crippen LogP contribution in [0.15, 0.2) is 35.1 Å². The van der Waals surface area contributed by atoms with Gasteiger partial charge in [0.15, 0.2) is 0 Å². The first-order chi connectivity index (χ1) is 12.8. The Hall–Kier alpha value is -2.97. The molecule has 2 rings (SSSR count). The molecule has 3 amide bonds. The van der Waals surface area contributed by atoms with E-state index in [1.165, 1.54) is 13.1 Å². The second-order valence-electron chi connectivity index (χ2n) is 6.29. The van der Waals surface area contributed by atoms with Crippen LogP contribution in [0.5, 0.6) is 0 Å². The fraction of sp³-hybridized carbons (Fsp3) is 0.389. The summed E-state index contributed by atoms with van der Waals surface area (Å²) < 4.78 is 26.4. The van der Waals surface area contributed by atoms with Crippen molar-refractivity contribution in [1.29, 1.82) is 0 Å². The van der Waals surface area contributed by atoms with Gasteiger partial charge < -0.3 is 20.9 Å². The molecule has 146 valence electrons. The summed E-state index contributed by atoms with van der Waals surface area (Å²) in [5.74, 6) is -1.47. The minimum atomic E-state index is -0.749. The molecule has 0 atom stereocenters. The van der Waals surface area contributed by atoms with Crippen molar-refractivity contribution in [3.8, 4) is 0 Å². The van der Waals surface area contributed by atoms with Gasteiger partial charge in [-0.2, -0.15) is 0 Å². The quantitative estimate of drug-likeness (QED) is 0.785. The molecule has 1 aromatic carbocycles. The summed E-state index contributed by atoms with van der Waals surface area (Å²) in [4.78, 5) is 31.0. The van der Waals surface area contributed by atoms with Crippen molar-refractivity contribution in [2.24, 2.45) is 10.7 Å². The normalized spacial score (nSPS) is 15.9. The summed E-state index contributed by atoms with van der Waals surface area (Å²) in [7, 11) is 1.66. The van der Waals surface area contributed by atoms with Crippen LogP contribution in [0.3, 0.4) is 0 Å². The molecule has 0 radical (unpaired) electrons. The zero-order valence-corrected chi connectivity index (χ0v) is 15.3. The number of carbonyl (C=O) groups excluding carboxylic acids is 2. The van der Waals surface area contributed by atoms with Gasteiger partial charge in [0.1, 0.15) is 11.6 Å². The topological polar surface area (TPSA) is 91.0 Å². The molecule has 0 bridgehead atoms. The Labute approximate surface area is 156 Å². The fourth-order valence-electron chi connectivity index (χ4n) is 2.82. The first-order valence-electron chi connectivity index (χ1n) is 8.51. The van der Waals surface area contributed by atoms with Crippen molar-refractivity contribution >= 4 is 23.8 Å². The van der Waals surface area contributed by atoms with E-state index in [0.717, 1.165) is 24.4 Å². The molecule has 0 unspecified atom stereocenters. The van der Waals surface area contributed by atoms with E-state index < -0.39 is 11.6 Å². The predicted octanol–water partition coefficient (Wildman–Crippen LogP) is 2.12. The average molecular weight is 379 g/mol. The van der Waals surface area contributed by atoms with Crippen LogP contribution in [-0.4, -0.2) is 54.1 Å². The zero-order chi connectivity index (χ0) is 20.0. The van der Waals surface area contributed by atoms with Gasteiger partial charge >= 0.3 is 6.03 Å². The highest BCUT2D eigenvalue weighted by Crippen LogP contribution is 2.17. The summed E-state index contributed by atoms with van der Waals surface area (Å²) in [6, 6.07) is 2.47. The van der Waals surface area contributed by atoms with E-state index in [9.17, 15) is 18.4 Å². The minimum Gasteiger partial charge on any atom is -0.403 e. The smallest absolute Gasteiger partial charge is 0.321 e. The van der Waals surface area contributed by atoms with Crippen molar-refractivity contribution in [3.63, 3.8) is 0 Å². The molecule has 0 saturated carbocycles. The lowest BCUT2D eigenvalue weighted by atomic mass is 10.0. The third-order valence-electron chi connectivity index (χ3n) is 4.41. The van der Waals surface area contributed by atoms with Gasteiger partial charge in [0.2, 0.25) is 5.91 Å². The van der Waals surface area contributed by atoms with Crippen molar-refractivity contribution in [2.45, 2.75) is 25.8 Å². The maximum Gasteiger partial charge on any atom is 0.321 e. The number of piperidine rings is 1. The molecule has 0 aliphatic carbocycles. The maximum absolute atomic E-state index is 13.2. The van der Waals surface area contributed by atoms with Gasteiger partial charge in [-0.3, -0.25) is 9.79 Å². The number of allylic oxidation sites excluding steroid dienone is 1. The van der Waals surface area contributed by atoms with E-state index in [4.69, 9.17) is 5.73 Å². The predicted molar refractivity (Wildman–Crippen MR) is 98.4 cm³/mol. The number of rotatable bonds is 4. The summed E-state index contributed by atoms with van der Waals surface area (Å²) >= 11 is 0. The number of aliphatic imine (C=N–C) groups is 1. The number of hydrogen-bond donors (Lipinski definition) is 2. The Morgan fingerprint density at radius 2 is 1.85 bits per heavy atom. The van der Waals surface area contributed by atoms with Crippen molar-refractivity contribution in [1.82, 2.24) is 15.1 Å². The summed E-state index contributed by atoms with van der Waals surface area (Å²) in [5.41, 5.74) is 5.75. The van der Waals surface area contributed by atoms with Crippen LogP contribution in [0.2, 0.25) is 0 Å². The van der Waals surface area contributed by atoms with Crippen LogP contribution in [0.1, 0.15) is 19.8 Å². The first kappa shape index (κ1) is 20.3. The fourth-order valence-corrected chi connectivity index (χ4v) is 2.82. The molecule has 1 aromatic rings. The summed E-state index contributed by atoms with van der Waals surface area (Å²) in [6.45, 7) is 2.73. The molecule has 0 spiro atoms. The van der Waals surface area contributed by atoms with Crippen LogP contribution in [0, 0.1) is 11.6 Å².